The van der Waals surface area contributed by atoms with Crippen LogP contribution in [-0.2, 0) is 0 Å². The van der Waals surface area contributed by atoms with Gasteiger partial charge < -0.3 is 10.6 Å². The Hall–Kier alpha value is -3.54. The predicted octanol–water partition coefficient (Wildman–Crippen LogP) is 4.80. The molecule has 6 nitrogen and oxygen atoms in total. The van der Waals surface area contributed by atoms with Gasteiger partial charge in [-0.05, 0) is 42.7 Å². The van der Waals surface area contributed by atoms with Crippen molar-refractivity contribution in [2.24, 2.45) is 0 Å². The average Bonchev–Trinajstić information content (AvgIpc) is 2.68. The minimum Gasteiger partial charge on any atom is -0.324 e. The molecule has 142 valence electrons. The van der Waals surface area contributed by atoms with Gasteiger partial charge in [-0.1, -0.05) is 44.2 Å². The third-order valence-electron chi connectivity index (χ3n) is 4.24. The lowest BCUT2D eigenvalue weighted by atomic mass is 10.0. The van der Waals surface area contributed by atoms with Crippen LogP contribution in [0.25, 0.3) is 0 Å². The molecule has 0 radical (unpaired) electrons. The molecule has 0 aliphatic rings. The number of nitrogens with one attached hydrogen (secondary N) is 2. The van der Waals surface area contributed by atoms with E-state index in [1.54, 1.807) is 30.3 Å². The summed E-state index contributed by atoms with van der Waals surface area (Å²) in [6.07, 6.45) is 1.52. The smallest absolute Gasteiger partial charge is 0.274 e. The second-order valence-corrected chi connectivity index (χ2v) is 6.72. The Morgan fingerprint density at radius 2 is 1.79 bits per heavy atom. The van der Waals surface area contributed by atoms with Crippen LogP contribution in [0.4, 0.5) is 17.3 Å². The highest BCUT2D eigenvalue weighted by Gasteiger charge is 2.13. The highest BCUT2D eigenvalue weighted by atomic mass is 16.2. The third-order valence-corrected chi connectivity index (χ3v) is 4.24. The maximum absolute atomic E-state index is 12.7. The van der Waals surface area contributed by atoms with Crippen LogP contribution in [0.5, 0.6) is 0 Å². The van der Waals surface area contributed by atoms with Gasteiger partial charge in [0, 0.05) is 23.1 Å². The van der Waals surface area contributed by atoms with Crippen molar-refractivity contribution in [2.45, 2.75) is 26.7 Å². The Kier molecular flexibility index (Phi) is 5.79. The van der Waals surface area contributed by atoms with E-state index < -0.39 is 0 Å². The summed E-state index contributed by atoms with van der Waals surface area (Å²) < 4.78 is 0. The Morgan fingerprint density at radius 1 is 1.00 bits per heavy atom. The van der Waals surface area contributed by atoms with E-state index in [1.807, 2.05) is 24.3 Å². The van der Waals surface area contributed by atoms with Gasteiger partial charge in [0.05, 0.1) is 0 Å². The number of ketones is 1. The number of hydrogen-bond donors (Lipinski definition) is 2. The van der Waals surface area contributed by atoms with Crippen molar-refractivity contribution in [1.29, 1.82) is 0 Å². The standard InChI is InChI=1S/C22H22N4O2/c1-14(2)18-9-4-5-10-19(18)25-21(28)20-11-12-23-22(26-20)24-17-8-6-7-16(13-17)15(3)27/h4-14H,1-3H3,(H,25,28)(H,23,24,26). The second-order valence-electron chi connectivity index (χ2n) is 6.72. The monoisotopic (exact) mass is 374 g/mol. The zero-order chi connectivity index (χ0) is 20.1. The van der Waals surface area contributed by atoms with E-state index in [9.17, 15) is 9.59 Å². The fourth-order valence-electron chi connectivity index (χ4n) is 2.79. The van der Waals surface area contributed by atoms with Crippen LogP contribution >= 0.6 is 0 Å². The van der Waals surface area contributed by atoms with E-state index in [0.29, 0.717) is 11.3 Å². The lowest BCUT2D eigenvalue weighted by Crippen LogP contribution is -2.16. The van der Waals surface area contributed by atoms with Gasteiger partial charge in [0.2, 0.25) is 5.95 Å². The maximum atomic E-state index is 12.7. The highest BCUT2D eigenvalue weighted by Crippen LogP contribution is 2.24. The lowest BCUT2D eigenvalue weighted by molar-refractivity contribution is 0.101. The molecule has 0 saturated carbocycles. The van der Waals surface area contributed by atoms with Crippen LogP contribution in [0.2, 0.25) is 0 Å². The Morgan fingerprint density at radius 3 is 2.54 bits per heavy atom. The Balaban J connectivity index is 1.79. The topological polar surface area (TPSA) is 84.0 Å². The van der Waals surface area contributed by atoms with E-state index in [0.717, 1.165) is 11.3 Å². The summed E-state index contributed by atoms with van der Waals surface area (Å²) in [5.41, 5.74) is 3.34. The maximum Gasteiger partial charge on any atom is 0.274 e. The van der Waals surface area contributed by atoms with Gasteiger partial charge in [-0.25, -0.2) is 9.97 Å². The molecule has 0 aliphatic heterocycles. The van der Waals surface area contributed by atoms with Gasteiger partial charge in [-0.15, -0.1) is 0 Å². The van der Waals surface area contributed by atoms with Crippen LogP contribution in [0.3, 0.4) is 0 Å². The van der Waals surface area contributed by atoms with Crippen LogP contribution in [-0.4, -0.2) is 21.7 Å². The molecule has 0 spiro atoms. The average molecular weight is 374 g/mol. The van der Waals surface area contributed by atoms with Gasteiger partial charge in [-0.3, -0.25) is 9.59 Å². The van der Waals surface area contributed by atoms with Crippen LogP contribution < -0.4 is 10.6 Å². The molecular weight excluding hydrogens is 352 g/mol. The van der Waals surface area contributed by atoms with Gasteiger partial charge in [0.1, 0.15) is 5.69 Å². The fraction of sp³-hybridized carbons (Fsp3) is 0.182. The first kappa shape index (κ1) is 19.2. The lowest BCUT2D eigenvalue weighted by Gasteiger charge is -2.13. The van der Waals surface area contributed by atoms with Crippen molar-refractivity contribution in [1.82, 2.24) is 9.97 Å². The van der Waals surface area contributed by atoms with Gasteiger partial charge in [-0.2, -0.15) is 0 Å². The summed E-state index contributed by atoms with van der Waals surface area (Å²) in [5, 5.41) is 5.96. The van der Waals surface area contributed by atoms with Crippen molar-refractivity contribution in [2.75, 3.05) is 10.6 Å². The van der Waals surface area contributed by atoms with Crippen LogP contribution in [0.1, 0.15) is 53.1 Å². The summed E-state index contributed by atoms with van der Waals surface area (Å²) >= 11 is 0. The number of anilines is 3. The molecule has 2 N–H and O–H groups in total. The number of rotatable bonds is 6. The first-order chi connectivity index (χ1) is 13.4. The van der Waals surface area contributed by atoms with E-state index >= 15 is 0 Å². The number of carbonyl (C=O) groups is 2. The number of amides is 1. The molecule has 0 fully saturated rings. The summed E-state index contributed by atoms with van der Waals surface area (Å²) in [6.45, 7) is 5.66. The molecule has 1 aromatic heterocycles. The fourth-order valence-corrected chi connectivity index (χ4v) is 2.79. The molecule has 6 heteroatoms. The van der Waals surface area contributed by atoms with Crippen LogP contribution in [0.15, 0.2) is 60.8 Å². The molecule has 3 rings (SSSR count). The van der Waals surface area contributed by atoms with Crippen molar-refractivity contribution in [3.05, 3.63) is 77.6 Å². The van der Waals surface area contributed by atoms with Gasteiger partial charge >= 0.3 is 0 Å². The highest BCUT2D eigenvalue weighted by molar-refractivity contribution is 6.03. The molecule has 0 bridgehead atoms. The normalized spacial score (nSPS) is 10.6. The van der Waals surface area contributed by atoms with Gasteiger partial charge in [0.15, 0.2) is 5.78 Å². The molecule has 28 heavy (non-hydrogen) atoms. The summed E-state index contributed by atoms with van der Waals surface area (Å²) in [4.78, 5) is 32.6. The Labute approximate surface area is 164 Å². The van der Waals surface area contributed by atoms with Crippen molar-refractivity contribution >= 4 is 29.0 Å². The van der Waals surface area contributed by atoms with E-state index in [2.05, 4.69) is 34.4 Å². The second kappa shape index (κ2) is 8.43. The number of nitrogens with zero attached hydrogens (tertiary/aromatic N) is 2. The third kappa shape index (κ3) is 4.59. The zero-order valence-corrected chi connectivity index (χ0v) is 16.1. The number of aromatic nitrogens is 2. The van der Waals surface area contributed by atoms with E-state index in [1.165, 1.54) is 13.1 Å². The van der Waals surface area contributed by atoms with Crippen molar-refractivity contribution in [3.63, 3.8) is 0 Å². The summed E-state index contributed by atoms with van der Waals surface area (Å²) in [6, 6.07) is 16.3. The molecule has 3 aromatic rings. The summed E-state index contributed by atoms with van der Waals surface area (Å²) in [7, 11) is 0. The number of hydrogen-bond acceptors (Lipinski definition) is 5. The van der Waals surface area contributed by atoms with Gasteiger partial charge in [0.25, 0.3) is 5.91 Å². The molecular formula is C22H22N4O2. The number of benzene rings is 2. The largest absolute Gasteiger partial charge is 0.324 e. The minimum absolute atomic E-state index is 0.0264. The van der Waals surface area contributed by atoms with E-state index in [-0.39, 0.29) is 29.3 Å². The molecule has 1 heterocycles. The Bertz CT molecular complexity index is 1010. The first-order valence-electron chi connectivity index (χ1n) is 9.05. The van der Waals surface area contributed by atoms with Crippen molar-refractivity contribution in [3.8, 4) is 0 Å². The zero-order valence-electron chi connectivity index (χ0n) is 16.1. The molecule has 0 unspecified atom stereocenters. The molecule has 0 aliphatic carbocycles. The SMILES string of the molecule is CC(=O)c1cccc(Nc2nccc(C(=O)Nc3ccccc3C(C)C)n2)c1. The number of carbonyl (C=O) groups excluding carboxylic acids is 2. The summed E-state index contributed by atoms with van der Waals surface area (Å²) in [5.74, 6) is 0.232. The quantitative estimate of drug-likeness (QED) is 0.606. The minimum atomic E-state index is -0.309. The molecule has 2 aromatic carbocycles. The van der Waals surface area contributed by atoms with Crippen molar-refractivity contribution < 1.29 is 9.59 Å². The number of Topliss-reactive ketones (excluding diaryl/α,β-unsaturated/α-hetero) is 1. The molecule has 0 saturated heterocycles. The molecule has 0 atom stereocenters. The van der Waals surface area contributed by atoms with Crippen LogP contribution in [0, 0.1) is 0 Å². The first-order valence-corrected chi connectivity index (χ1v) is 9.05. The predicted molar refractivity (Wildman–Crippen MR) is 110 cm³/mol. The number of para-hydroxylation sites is 1. The van der Waals surface area contributed by atoms with E-state index in [4.69, 9.17) is 0 Å². The molecule has 1 amide bonds.